The standard InChI is InChI=1S/C26H28BCl2N7O2/c1-25(2,3)14-32-23-15(10-30)11-31-24-17(23)8-16(9-20(24)29)33-26(27,18-6-4-5-7-19(18)28)21-12-36(35-34-21)13-22(37)38/h4-9,11-12,33-35H,13-14,27H2,1-3H3,(H,31,32)(H,37,38). The lowest BCUT2D eigenvalue weighted by Crippen LogP contribution is -2.46. The summed E-state index contributed by atoms with van der Waals surface area (Å²) in [4.78, 5) is 15.7. The summed E-state index contributed by atoms with van der Waals surface area (Å²) in [6.45, 7) is 6.70. The van der Waals surface area contributed by atoms with E-state index in [0.717, 1.165) is 5.56 Å². The molecule has 0 amide bonds. The van der Waals surface area contributed by atoms with Crippen LogP contribution in [0.1, 0.15) is 31.9 Å². The van der Waals surface area contributed by atoms with Crippen LogP contribution in [0.3, 0.4) is 0 Å². The van der Waals surface area contributed by atoms with Crippen LogP contribution >= 0.6 is 23.2 Å². The number of anilines is 2. The van der Waals surface area contributed by atoms with E-state index in [4.69, 9.17) is 23.2 Å². The molecular weight excluding hydrogens is 524 g/mol. The molecule has 3 aromatic rings. The van der Waals surface area contributed by atoms with E-state index in [-0.39, 0.29) is 12.0 Å². The van der Waals surface area contributed by atoms with Gasteiger partial charge in [0.05, 0.1) is 32.9 Å². The summed E-state index contributed by atoms with van der Waals surface area (Å²) in [5.74, 6) is -0.985. The third-order valence-corrected chi connectivity index (χ3v) is 6.73. The summed E-state index contributed by atoms with van der Waals surface area (Å²) in [7, 11) is 1.93. The second-order valence-corrected chi connectivity index (χ2v) is 11.3. The molecule has 1 unspecified atom stereocenters. The predicted octanol–water partition coefficient (Wildman–Crippen LogP) is 4.02. The normalized spacial score (nSPS) is 14.8. The van der Waals surface area contributed by atoms with Gasteiger partial charge in [-0.25, -0.2) is 0 Å². The third kappa shape index (κ3) is 5.75. The maximum Gasteiger partial charge on any atom is 0.324 e. The highest BCUT2D eigenvalue weighted by Gasteiger charge is 2.36. The summed E-state index contributed by atoms with van der Waals surface area (Å²) in [5.41, 5.74) is 8.65. The number of hydrogen-bond acceptors (Lipinski definition) is 8. The lowest BCUT2D eigenvalue weighted by atomic mass is 9.69. The van der Waals surface area contributed by atoms with Crippen LogP contribution in [0.15, 0.2) is 54.5 Å². The number of carboxylic acids is 1. The van der Waals surface area contributed by atoms with Gasteiger partial charge in [0.25, 0.3) is 0 Å². The van der Waals surface area contributed by atoms with Gasteiger partial charge in [0, 0.05) is 35.0 Å². The number of pyridine rings is 1. The number of carbonyl (C=O) groups is 1. The topological polar surface area (TPSA) is 125 Å². The van der Waals surface area contributed by atoms with Gasteiger partial charge >= 0.3 is 5.97 Å². The van der Waals surface area contributed by atoms with Crippen LogP contribution in [0.5, 0.6) is 0 Å². The number of hydrogen-bond donors (Lipinski definition) is 5. The highest BCUT2D eigenvalue weighted by Crippen LogP contribution is 2.39. The van der Waals surface area contributed by atoms with E-state index >= 15 is 0 Å². The van der Waals surface area contributed by atoms with Crippen molar-refractivity contribution in [2.45, 2.75) is 26.2 Å². The zero-order chi connectivity index (χ0) is 27.7. The second-order valence-electron chi connectivity index (χ2n) is 10.5. The number of benzene rings is 2. The number of halogens is 2. The molecule has 38 heavy (non-hydrogen) atoms. The van der Waals surface area contributed by atoms with E-state index in [9.17, 15) is 15.2 Å². The molecule has 1 aromatic heterocycles. The van der Waals surface area contributed by atoms with Gasteiger partial charge in [-0.2, -0.15) is 5.26 Å². The summed E-state index contributed by atoms with van der Waals surface area (Å²) in [5, 5.41) is 29.0. The maximum atomic E-state index is 11.3. The summed E-state index contributed by atoms with van der Waals surface area (Å²) >= 11 is 13.4. The van der Waals surface area contributed by atoms with Gasteiger partial charge < -0.3 is 21.2 Å². The van der Waals surface area contributed by atoms with E-state index < -0.39 is 11.4 Å². The Bertz CT molecular complexity index is 1470. The Morgan fingerprint density at radius 3 is 2.63 bits per heavy atom. The number of carboxylic acid groups (broad SMARTS) is 1. The molecular formula is C26H28BCl2N7O2. The highest BCUT2D eigenvalue weighted by atomic mass is 35.5. The van der Waals surface area contributed by atoms with Crippen LogP contribution < -0.4 is 21.6 Å². The molecule has 2 aromatic carbocycles. The molecule has 1 aliphatic rings. The molecule has 4 rings (SSSR count). The molecule has 0 saturated heterocycles. The van der Waals surface area contributed by atoms with Gasteiger partial charge in [0.2, 0.25) is 0 Å². The number of aliphatic carboxylic acids is 1. The first kappa shape index (κ1) is 27.4. The van der Waals surface area contributed by atoms with Gasteiger partial charge in [-0.1, -0.05) is 62.2 Å². The predicted molar refractivity (Wildman–Crippen MR) is 153 cm³/mol. The second kappa shape index (κ2) is 10.6. The van der Waals surface area contributed by atoms with Crippen molar-refractivity contribution in [2.24, 2.45) is 5.41 Å². The van der Waals surface area contributed by atoms with Crippen LogP contribution in [-0.2, 0) is 10.2 Å². The van der Waals surface area contributed by atoms with Crippen LogP contribution in [0.2, 0.25) is 10.0 Å². The summed E-state index contributed by atoms with van der Waals surface area (Å²) in [6, 6.07) is 13.3. The molecule has 2 heterocycles. The molecule has 0 saturated carbocycles. The highest BCUT2D eigenvalue weighted by molar-refractivity contribution is 6.36. The van der Waals surface area contributed by atoms with E-state index in [1.807, 2.05) is 32.1 Å². The van der Waals surface area contributed by atoms with Crippen LogP contribution in [0, 0.1) is 16.7 Å². The van der Waals surface area contributed by atoms with Crippen molar-refractivity contribution < 1.29 is 9.90 Å². The Morgan fingerprint density at radius 1 is 1.24 bits per heavy atom. The lowest BCUT2D eigenvalue weighted by molar-refractivity contribution is -0.138. The molecule has 196 valence electrons. The summed E-state index contributed by atoms with van der Waals surface area (Å²) in [6.07, 6.45) is 3.20. The van der Waals surface area contributed by atoms with Gasteiger partial charge in [-0.3, -0.25) is 14.8 Å². The van der Waals surface area contributed by atoms with Crippen LogP contribution in [0.25, 0.3) is 10.9 Å². The van der Waals surface area contributed by atoms with Gasteiger partial charge in [-0.05, 0) is 29.2 Å². The van der Waals surface area contributed by atoms with E-state index in [1.54, 1.807) is 18.3 Å². The molecule has 9 nitrogen and oxygen atoms in total. The zero-order valence-electron chi connectivity index (χ0n) is 21.5. The molecule has 1 atom stereocenters. The lowest BCUT2D eigenvalue weighted by Gasteiger charge is -2.34. The average molecular weight is 552 g/mol. The minimum Gasteiger partial charge on any atom is -0.480 e. The molecule has 5 N–H and O–H groups in total. The van der Waals surface area contributed by atoms with Crippen molar-refractivity contribution in [3.05, 3.63) is 75.7 Å². The largest absolute Gasteiger partial charge is 0.480 e. The fourth-order valence-electron chi connectivity index (χ4n) is 4.23. The first-order chi connectivity index (χ1) is 17.9. The van der Waals surface area contributed by atoms with Gasteiger partial charge in [0.15, 0.2) is 0 Å². The molecule has 1 aliphatic heterocycles. The van der Waals surface area contributed by atoms with Crippen LogP contribution in [0.4, 0.5) is 11.4 Å². The quantitative estimate of drug-likeness (QED) is 0.264. The SMILES string of the molecule is BC(Nc1cc(Cl)c2ncc(C#N)c(NCC(C)(C)C)c2c1)(C1=CN(CC(=O)O)NN1)c1ccccc1Cl. The smallest absolute Gasteiger partial charge is 0.324 e. The average Bonchev–Trinajstić information content (AvgIpc) is 3.30. The Kier molecular flexibility index (Phi) is 7.65. The van der Waals surface area contributed by atoms with E-state index in [1.165, 1.54) is 11.2 Å². The number of rotatable bonds is 8. The first-order valence-electron chi connectivity index (χ1n) is 11.9. The number of aromatic nitrogens is 1. The van der Waals surface area contributed by atoms with Gasteiger partial charge in [-0.15, -0.1) is 5.53 Å². The minimum atomic E-state index is -0.985. The number of nitrogens with zero attached hydrogens (tertiary/aromatic N) is 3. The Morgan fingerprint density at radius 2 is 1.97 bits per heavy atom. The first-order valence-corrected chi connectivity index (χ1v) is 12.7. The minimum absolute atomic E-state index is 0.0277. The van der Waals surface area contributed by atoms with Crippen molar-refractivity contribution in [1.82, 2.24) is 21.0 Å². The fraction of sp³-hybridized carbons (Fsp3) is 0.269. The Balaban J connectivity index is 1.84. The van der Waals surface area contributed by atoms with Crippen molar-refractivity contribution in [3.8, 4) is 6.07 Å². The van der Waals surface area contributed by atoms with Crippen molar-refractivity contribution in [1.29, 1.82) is 5.26 Å². The van der Waals surface area contributed by atoms with Gasteiger partial charge in [0.1, 0.15) is 20.5 Å². The molecule has 0 bridgehead atoms. The van der Waals surface area contributed by atoms with Crippen LogP contribution in [-0.4, -0.2) is 42.0 Å². The van der Waals surface area contributed by atoms with Crippen molar-refractivity contribution in [3.63, 3.8) is 0 Å². The number of hydrazine groups is 2. The third-order valence-electron chi connectivity index (χ3n) is 6.11. The van der Waals surface area contributed by atoms with E-state index in [2.05, 4.69) is 53.4 Å². The van der Waals surface area contributed by atoms with Crippen molar-refractivity contribution in [2.75, 3.05) is 23.7 Å². The maximum absolute atomic E-state index is 11.3. The Hall–Kier alpha value is -3.65. The number of nitriles is 1. The molecule has 0 spiro atoms. The fourth-order valence-corrected chi connectivity index (χ4v) is 4.83. The summed E-state index contributed by atoms with van der Waals surface area (Å²) < 4.78 is 0. The number of fused-ring (bicyclic) bond motifs is 1. The Labute approximate surface area is 232 Å². The monoisotopic (exact) mass is 551 g/mol. The molecule has 0 radical (unpaired) electrons. The zero-order valence-corrected chi connectivity index (χ0v) is 23.0. The van der Waals surface area contributed by atoms with Crippen molar-refractivity contribution >= 4 is 59.3 Å². The number of nitrogens with one attached hydrogen (secondary N) is 4. The molecule has 0 fully saturated rings. The molecule has 0 aliphatic carbocycles. The van der Waals surface area contributed by atoms with E-state index in [0.29, 0.717) is 50.1 Å². The molecule has 12 heteroatoms.